The SMILES string of the molecule is Cc1cccc(C(=O)Nc2[nH]ncc2C#N)c1I. The Hall–Kier alpha value is -1.88. The number of carbonyl (C=O) groups excluding carboxylic acids is 1. The lowest BCUT2D eigenvalue weighted by Crippen LogP contribution is -2.15. The van der Waals surface area contributed by atoms with Gasteiger partial charge >= 0.3 is 0 Å². The van der Waals surface area contributed by atoms with Gasteiger partial charge in [-0.25, -0.2) is 0 Å². The highest BCUT2D eigenvalue weighted by Gasteiger charge is 2.14. The number of amides is 1. The molecule has 0 aliphatic carbocycles. The number of hydrogen-bond acceptors (Lipinski definition) is 3. The van der Waals surface area contributed by atoms with Crippen LogP contribution in [0.1, 0.15) is 21.5 Å². The first-order valence-corrected chi connectivity index (χ1v) is 6.21. The summed E-state index contributed by atoms with van der Waals surface area (Å²) in [5.74, 6) is 0.0589. The normalized spacial score (nSPS) is 9.83. The molecule has 0 saturated carbocycles. The van der Waals surface area contributed by atoms with Crippen molar-refractivity contribution in [2.45, 2.75) is 6.92 Å². The molecule has 0 saturated heterocycles. The van der Waals surface area contributed by atoms with Crippen molar-refractivity contribution in [1.82, 2.24) is 10.2 Å². The zero-order valence-corrected chi connectivity index (χ0v) is 11.6. The van der Waals surface area contributed by atoms with Gasteiger partial charge in [0.15, 0.2) is 0 Å². The number of H-pyrrole nitrogens is 1. The van der Waals surface area contributed by atoms with Crippen LogP contribution in [0.5, 0.6) is 0 Å². The molecule has 2 aromatic rings. The largest absolute Gasteiger partial charge is 0.306 e. The van der Waals surface area contributed by atoms with Gasteiger partial charge in [0.05, 0.1) is 11.8 Å². The molecular formula is C12H9IN4O. The van der Waals surface area contributed by atoms with Gasteiger partial charge in [-0.15, -0.1) is 0 Å². The van der Waals surface area contributed by atoms with Crippen molar-refractivity contribution in [2.24, 2.45) is 0 Å². The number of hydrogen-bond donors (Lipinski definition) is 2. The van der Waals surface area contributed by atoms with E-state index in [-0.39, 0.29) is 5.91 Å². The average molecular weight is 352 g/mol. The van der Waals surface area contributed by atoms with Crippen molar-refractivity contribution in [3.63, 3.8) is 0 Å². The lowest BCUT2D eigenvalue weighted by atomic mass is 10.1. The minimum Gasteiger partial charge on any atom is -0.306 e. The summed E-state index contributed by atoms with van der Waals surface area (Å²) in [4.78, 5) is 12.1. The number of aromatic nitrogens is 2. The van der Waals surface area contributed by atoms with E-state index in [1.54, 1.807) is 6.07 Å². The predicted octanol–water partition coefficient (Wildman–Crippen LogP) is 2.45. The van der Waals surface area contributed by atoms with Gasteiger partial charge in [0.1, 0.15) is 17.5 Å². The Labute approximate surface area is 117 Å². The molecule has 5 nitrogen and oxygen atoms in total. The topological polar surface area (TPSA) is 81.6 Å². The van der Waals surface area contributed by atoms with Crippen LogP contribution in [0, 0.1) is 21.8 Å². The molecule has 0 atom stereocenters. The number of nitrogens with one attached hydrogen (secondary N) is 2. The van der Waals surface area contributed by atoms with Crippen molar-refractivity contribution >= 4 is 34.3 Å². The molecule has 1 aromatic carbocycles. The van der Waals surface area contributed by atoms with Crippen LogP contribution in [0.3, 0.4) is 0 Å². The van der Waals surface area contributed by atoms with Gasteiger partial charge in [0, 0.05) is 3.57 Å². The monoisotopic (exact) mass is 352 g/mol. The first kappa shape index (κ1) is 12.6. The van der Waals surface area contributed by atoms with Crippen molar-refractivity contribution in [1.29, 1.82) is 5.26 Å². The summed E-state index contributed by atoms with van der Waals surface area (Å²) in [5.41, 5.74) is 1.92. The molecule has 0 aliphatic rings. The minimum absolute atomic E-state index is 0.260. The maximum absolute atomic E-state index is 12.1. The third-order valence-corrected chi connectivity index (χ3v) is 3.87. The number of nitriles is 1. The van der Waals surface area contributed by atoms with Gasteiger partial charge in [0.2, 0.25) is 0 Å². The number of rotatable bonds is 2. The lowest BCUT2D eigenvalue weighted by molar-refractivity contribution is 0.102. The van der Waals surface area contributed by atoms with Crippen LogP contribution in [0.25, 0.3) is 0 Å². The summed E-state index contributed by atoms with van der Waals surface area (Å²) in [6, 6.07) is 7.45. The van der Waals surface area contributed by atoms with Crippen LogP contribution in [0.4, 0.5) is 5.82 Å². The molecule has 2 rings (SSSR count). The van der Waals surface area contributed by atoms with Crippen LogP contribution in [0.15, 0.2) is 24.4 Å². The highest BCUT2D eigenvalue weighted by Crippen LogP contribution is 2.18. The number of aromatic amines is 1. The van der Waals surface area contributed by atoms with Crippen LogP contribution >= 0.6 is 22.6 Å². The van der Waals surface area contributed by atoms with Crippen molar-refractivity contribution < 1.29 is 4.79 Å². The van der Waals surface area contributed by atoms with Crippen LogP contribution in [0.2, 0.25) is 0 Å². The Morgan fingerprint density at radius 2 is 2.33 bits per heavy atom. The molecular weight excluding hydrogens is 343 g/mol. The van der Waals surface area contributed by atoms with Gasteiger partial charge < -0.3 is 5.32 Å². The molecule has 0 aliphatic heterocycles. The first-order valence-electron chi connectivity index (χ1n) is 5.13. The number of carbonyl (C=O) groups is 1. The molecule has 1 heterocycles. The molecule has 18 heavy (non-hydrogen) atoms. The Morgan fingerprint density at radius 1 is 1.56 bits per heavy atom. The van der Waals surface area contributed by atoms with Gasteiger partial charge in [-0.2, -0.15) is 10.4 Å². The van der Waals surface area contributed by atoms with E-state index < -0.39 is 0 Å². The predicted molar refractivity (Wildman–Crippen MR) is 75.2 cm³/mol. The van der Waals surface area contributed by atoms with Gasteiger partial charge in [-0.05, 0) is 41.1 Å². The number of anilines is 1. The van der Waals surface area contributed by atoms with Gasteiger partial charge in [-0.1, -0.05) is 12.1 Å². The standard InChI is InChI=1S/C12H9IN4O/c1-7-3-2-4-9(10(7)13)12(18)16-11-8(5-14)6-15-17-11/h2-4,6H,1H3,(H2,15,16,17,18). The molecule has 6 heteroatoms. The van der Waals surface area contributed by atoms with E-state index in [0.717, 1.165) is 9.13 Å². The molecule has 0 radical (unpaired) electrons. The molecule has 2 N–H and O–H groups in total. The van der Waals surface area contributed by atoms with E-state index >= 15 is 0 Å². The number of halogens is 1. The van der Waals surface area contributed by atoms with E-state index in [2.05, 4.69) is 38.1 Å². The molecule has 0 fully saturated rings. The second-order valence-corrected chi connectivity index (χ2v) is 4.74. The van der Waals surface area contributed by atoms with E-state index in [1.165, 1.54) is 6.20 Å². The summed E-state index contributed by atoms with van der Waals surface area (Å²) in [7, 11) is 0. The van der Waals surface area contributed by atoms with Crippen molar-refractivity contribution in [3.8, 4) is 6.07 Å². The summed E-state index contributed by atoms with van der Waals surface area (Å²) in [5, 5.41) is 17.8. The fourth-order valence-corrected chi connectivity index (χ4v) is 2.07. The molecule has 0 spiro atoms. The van der Waals surface area contributed by atoms with E-state index in [1.807, 2.05) is 25.1 Å². The minimum atomic E-state index is -0.260. The first-order chi connectivity index (χ1) is 8.63. The summed E-state index contributed by atoms with van der Waals surface area (Å²) in [6.45, 7) is 1.94. The maximum Gasteiger partial charge on any atom is 0.257 e. The van der Waals surface area contributed by atoms with Crippen molar-refractivity contribution in [3.05, 3.63) is 44.7 Å². The molecule has 90 valence electrons. The summed E-state index contributed by atoms with van der Waals surface area (Å²) in [6.07, 6.45) is 1.37. The van der Waals surface area contributed by atoms with Crippen LogP contribution in [-0.4, -0.2) is 16.1 Å². The van der Waals surface area contributed by atoms with Crippen LogP contribution < -0.4 is 5.32 Å². The second-order valence-electron chi connectivity index (χ2n) is 3.66. The second kappa shape index (κ2) is 5.18. The number of benzene rings is 1. The van der Waals surface area contributed by atoms with Gasteiger partial charge in [-0.3, -0.25) is 9.89 Å². The van der Waals surface area contributed by atoms with E-state index in [9.17, 15) is 4.79 Å². The Kier molecular flexibility index (Phi) is 3.62. The molecule has 1 amide bonds. The molecule has 0 bridgehead atoms. The van der Waals surface area contributed by atoms with Crippen molar-refractivity contribution in [2.75, 3.05) is 5.32 Å². The van der Waals surface area contributed by atoms with E-state index in [4.69, 9.17) is 5.26 Å². The zero-order chi connectivity index (χ0) is 13.1. The molecule has 0 unspecified atom stereocenters. The van der Waals surface area contributed by atoms with E-state index in [0.29, 0.717) is 16.9 Å². The smallest absolute Gasteiger partial charge is 0.257 e. The average Bonchev–Trinajstić information content (AvgIpc) is 2.79. The lowest BCUT2D eigenvalue weighted by Gasteiger charge is -2.07. The highest BCUT2D eigenvalue weighted by molar-refractivity contribution is 14.1. The van der Waals surface area contributed by atoms with Gasteiger partial charge in [0.25, 0.3) is 5.91 Å². The Balaban J connectivity index is 2.29. The molecule has 1 aromatic heterocycles. The summed E-state index contributed by atoms with van der Waals surface area (Å²) < 4.78 is 0.894. The number of nitrogens with zero attached hydrogens (tertiary/aromatic N) is 2. The quantitative estimate of drug-likeness (QED) is 0.815. The third kappa shape index (κ3) is 2.36. The number of aryl methyl sites for hydroxylation is 1. The maximum atomic E-state index is 12.1. The Bertz CT molecular complexity index is 642. The third-order valence-electron chi connectivity index (χ3n) is 2.43. The fraction of sp³-hybridized carbons (Fsp3) is 0.0833. The summed E-state index contributed by atoms with van der Waals surface area (Å²) >= 11 is 2.13. The van der Waals surface area contributed by atoms with Crippen LogP contribution in [-0.2, 0) is 0 Å². The zero-order valence-electron chi connectivity index (χ0n) is 9.49. The Morgan fingerprint density at radius 3 is 3.06 bits per heavy atom. The highest BCUT2D eigenvalue weighted by atomic mass is 127. The fourth-order valence-electron chi connectivity index (χ4n) is 1.47.